The summed E-state index contributed by atoms with van der Waals surface area (Å²) in [4.78, 5) is 0. The minimum absolute atomic E-state index is 0. The zero-order valence-corrected chi connectivity index (χ0v) is 31.2. The molecule has 4 nitrogen and oxygen atoms in total. The topological polar surface area (TPSA) is 46.7 Å². The smallest absolute Gasteiger partial charge is 1.00 e. The summed E-state index contributed by atoms with van der Waals surface area (Å²) >= 11 is 0. The zero-order chi connectivity index (χ0) is 26.3. The molecule has 0 saturated heterocycles. The fraction of sp³-hybridized carbons (Fsp3) is 0.467. The molecule has 0 radical (unpaired) electrons. The number of rotatable bonds is 9. The summed E-state index contributed by atoms with van der Waals surface area (Å²) in [6.07, 6.45) is 0. The first kappa shape index (κ1) is 56.6. The molecule has 10 heteroatoms. The largest absolute Gasteiger partial charge is 1.00 e. The number of halogens is 2. The Morgan fingerprint density at radius 3 is 0.875 bits per heavy atom. The monoisotopic (exact) mass is 652 g/mol. The predicted molar refractivity (Wildman–Crippen MR) is 150 cm³/mol. The van der Waals surface area contributed by atoms with Crippen LogP contribution in [0.25, 0.3) is 10.6 Å². The van der Waals surface area contributed by atoms with Gasteiger partial charge in [0.05, 0.1) is 0 Å². The molecule has 0 unspecified atom stereocenters. The zero-order valence-electron chi connectivity index (χ0n) is 28.0. The SMILES string of the molecule is C=C([N-]c1c(C)cc(C)cc1C)C(=C)[N-]c1c(C)cc(C)cc1C.CCOCC.CCOCC.[Br-].[Br-].[Li+].[Li+].[Li+].[Li+]. The molecule has 0 aliphatic carbocycles. The number of hydrogen-bond acceptors (Lipinski definition) is 2. The Bertz CT molecular complexity index is 820. The predicted octanol–water partition coefficient (Wildman–Crippen LogP) is -8.62. The number of hydrogen-bond donors (Lipinski definition) is 0. The minimum atomic E-state index is 0. The second kappa shape index (κ2) is 32.7. The van der Waals surface area contributed by atoms with Gasteiger partial charge in [-0.1, -0.05) is 57.6 Å². The molecule has 0 N–H and O–H groups in total. The number of benzene rings is 2. The molecule has 2 aromatic carbocycles. The van der Waals surface area contributed by atoms with Crippen molar-refractivity contribution in [3.63, 3.8) is 0 Å². The van der Waals surface area contributed by atoms with Crippen LogP contribution >= 0.6 is 0 Å². The molecule has 0 amide bonds. The first-order valence-electron chi connectivity index (χ1n) is 12.1. The molecule has 0 bridgehead atoms. The molecule has 0 aromatic heterocycles. The van der Waals surface area contributed by atoms with E-state index >= 15 is 0 Å². The third kappa shape index (κ3) is 23.3. The molecule has 0 heterocycles. The van der Waals surface area contributed by atoms with Crippen molar-refractivity contribution in [2.24, 2.45) is 0 Å². The van der Waals surface area contributed by atoms with Gasteiger partial charge in [-0.15, -0.1) is 24.5 Å². The van der Waals surface area contributed by atoms with Crippen LogP contribution in [0.2, 0.25) is 0 Å². The summed E-state index contributed by atoms with van der Waals surface area (Å²) in [6.45, 7) is 31.9. The third-order valence-corrected chi connectivity index (χ3v) is 4.91. The van der Waals surface area contributed by atoms with E-state index in [1.807, 2.05) is 27.7 Å². The van der Waals surface area contributed by atoms with Crippen molar-refractivity contribution in [2.45, 2.75) is 69.2 Å². The van der Waals surface area contributed by atoms with E-state index in [4.69, 9.17) is 9.47 Å². The Labute approximate surface area is 315 Å². The van der Waals surface area contributed by atoms with Gasteiger partial charge in [0, 0.05) is 26.4 Å². The standard InChI is InChI=1S/C22H26N2.2C4H10O.2BrH.4Li/c1-13-9-15(3)21(16(4)10-13)23-19(7)20(8)24-22-17(5)11-14(2)12-18(22)6;2*1-3-5-4-2;;;;;;/h9-12H,7-8H2,1-6H3;2*3-4H2,1-2H3;2*1H;;;;/q-2;;;;;4*+1/p-2. The molecule has 0 fully saturated rings. The second-order valence-electron chi connectivity index (χ2n) is 8.17. The Morgan fingerprint density at radius 2 is 0.725 bits per heavy atom. The molecule has 0 aliphatic rings. The average molecular weight is 654 g/mol. The fourth-order valence-electron chi connectivity index (χ4n) is 3.50. The number of ether oxygens (including phenoxy) is 2. The quantitative estimate of drug-likeness (QED) is 0.200. The van der Waals surface area contributed by atoms with Gasteiger partial charge in [-0.25, -0.2) is 0 Å². The maximum absolute atomic E-state index is 4.83. The van der Waals surface area contributed by atoms with E-state index < -0.39 is 0 Å². The fourth-order valence-corrected chi connectivity index (χ4v) is 3.50. The van der Waals surface area contributed by atoms with E-state index in [1.54, 1.807) is 0 Å². The van der Waals surface area contributed by atoms with Crippen molar-refractivity contribution in [1.82, 2.24) is 0 Å². The van der Waals surface area contributed by atoms with Crippen LogP contribution < -0.4 is 109 Å². The van der Waals surface area contributed by atoms with Gasteiger partial charge in [-0.2, -0.15) is 11.4 Å². The van der Waals surface area contributed by atoms with E-state index in [2.05, 4.69) is 89.6 Å². The van der Waals surface area contributed by atoms with Gasteiger partial charge < -0.3 is 54.1 Å². The van der Waals surface area contributed by atoms with Crippen LogP contribution in [0.1, 0.15) is 61.1 Å². The van der Waals surface area contributed by atoms with Gasteiger partial charge >= 0.3 is 75.4 Å². The van der Waals surface area contributed by atoms with E-state index in [-0.39, 0.29) is 109 Å². The molecule has 0 saturated carbocycles. The molecule has 206 valence electrons. The van der Waals surface area contributed by atoms with Crippen molar-refractivity contribution in [1.29, 1.82) is 0 Å². The summed E-state index contributed by atoms with van der Waals surface area (Å²) < 4.78 is 9.67. The summed E-state index contributed by atoms with van der Waals surface area (Å²) in [6, 6.07) is 8.53. The van der Waals surface area contributed by atoms with E-state index in [0.717, 1.165) is 60.1 Å². The molecular weight excluding hydrogens is 608 g/mol. The summed E-state index contributed by atoms with van der Waals surface area (Å²) in [5, 5.41) is 9.37. The van der Waals surface area contributed by atoms with Gasteiger partial charge in [0.15, 0.2) is 0 Å². The van der Waals surface area contributed by atoms with Crippen LogP contribution in [-0.4, -0.2) is 26.4 Å². The third-order valence-electron chi connectivity index (χ3n) is 4.91. The van der Waals surface area contributed by atoms with Crippen molar-refractivity contribution in [3.05, 3.63) is 92.8 Å². The van der Waals surface area contributed by atoms with Gasteiger partial charge in [0.25, 0.3) is 0 Å². The molecule has 40 heavy (non-hydrogen) atoms. The van der Waals surface area contributed by atoms with Crippen LogP contribution in [0.3, 0.4) is 0 Å². The Hall–Kier alpha value is 0.790. The number of aryl methyl sites for hydroxylation is 6. The van der Waals surface area contributed by atoms with Gasteiger partial charge in [0.2, 0.25) is 0 Å². The molecule has 0 spiro atoms. The normalized spacial score (nSPS) is 8.35. The van der Waals surface area contributed by atoms with E-state index in [0.29, 0.717) is 11.4 Å². The van der Waals surface area contributed by atoms with E-state index in [1.165, 1.54) is 11.1 Å². The first-order valence-corrected chi connectivity index (χ1v) is 12.1. The van der Waals surface area contributed by atoms with E-state index in [9.17, 15) is 0 Å². The van der Waals surface area contributed by atoms with Crippen LogP contribution in [0.5, 0.6) is 0 Å². The van der Waals surface area contributed by atoms with Crippen LogP contribution in [0.4, 0.5) is 11.4 Å². The minimum Gasteiger partial charge on any atom is -1.00 e. The van der Waals surface area contributed by atoms with Crippen molar-refractivity contribution >= 4 is 11.4 Å². The van der Waals surface area contributed by atoms with Gasteiger partial charge in [-0.05, 0) is 69.2 Å². The molecule has 0 atom stereocenters. The Balaban J connectivity index is -0.000000118. The molecular formula is C30H46Br2Li4N2O2. The van der Waals surface area contributed by atoms with Gasteiger partial charge in [-0.3, -0.25) is 0 Å². The maximum atomic E-state index is 4.83. The number of nitrogens with zero attached hydrogens (tertiary/aromatic N) is 2. The Kier molecular flexibility index (Phi) is 46.2. The van der Waals surface area contributed by atoms with Crippen molar-refractivity contribution in [3.8, 4) is 0 Å². The molecule has 2 aromatic rings. The van der Waals surface area contributed by atoms with Gasteiger partial charge in [0.1, 0.15) is 0 Å². The summed E-state index contributed by atoms with van der Waals surface area (Å²) in [5.41, 5.74) is 10.2. The van der Waals surface area contributed by atoms with Crippen LogP contribution in [0, 0.1) is 41.5 Å². The summed E-state index contributed by atoms with van der Waals surface area (Å²) in [5.74, 6) is 0. The average Bonchev–Trinajstić information content (AvgIpc) is 2.75. The second-order valence-corrected chi connectivity index (χ2v) is 8.17. The molecule has 2 rings (SSSR count). The van der Waals surface area contributed by atoms with Crippen LogP contribution in [0.15, 0.2) is 48.8 Å². The summed E-state index contributed by atoms with van der Waals surface area (Å²) in [7, 11) is 0. The molecule has 0 aliphatic heterocycles. The van der Waals surface area contributed by atoms with Crippen LogP contribution in [-0.2, 0) is 9.47 Å². The van der Waals surface area contributed by atoms with Crippen molar-refractivity contribution in [2.75, 3.05) is 26.4 Å². The maximum Gasteiger partial charge on any atom is 1.00 e. The first-order chi connectivity index (χ1) is 16.0. The van der Waals surface area contributed by atoms with Crippen molar-refractivity contribution < 1.29 is 119 Å². The Morgan fingerprint density at radius 1 is 0.525 bits per heavy atom.